The number of carbonyl (C=O) groups excluding carboxylic acids is 1. The molecule has 2 aromatic carbocycles. The summed E-state index contributed by atoms with van der Waals surface area (Å²) in [5.41, 5.74) is 4.13. The summed E-state index contributed by atoms with van der Waals surface area (Å²) in [4.78, 5) is 13.1. The Balaban J connectivity index is 1.84. The molecule has 0 spiro atoms. The molecule has 0 bridgehead atoms. The monoisotopic (exact) mass is 434 g/mol. The molecule has 1 amide bonds. The highest BCUT2D eigenvalue weighted by Gasteiger charge is 2.32. The first-order valence-electron chi connectivity index (χ1n) is 9.87. The summed E-state index contributed by atoms with van der Waals surface area (Å²) in [5.74, 6) is -0.328. The minimum atomic E-state index is -3.69. The predicted molar refractivity (Wildman–Crippen MR) is 118 cm³/mol. The zero-order valence-electron chi connectivity index (χ0n) is 17.0. The Bertz CT molecular complexity index is 1010. The molecule has 1 aliphatic rings. The van der Waals surface area contributed by atoms with Crippen LogP contribution in [0.15, 0.2) is 42.5 Å². The fourth-order valence-corrected chi connectivity index (χ4v) is 5.32. The number of rotatable bonds is 7. The van der Waals surface area contributed by atoms with Crippen LogP contribution in [0.1, 0.15) is 49.4 Å². The van der Waals surface area contributed by atoms with E-state index in [9.17, 15) is 13.2 Å². The lowest BCUT2D eigenvalue weighted by atomic mass is 10.0. The van der Waals surface area contributed by atoms with Gasteiger partial charge in [0.1, 0.15) is 6.04 Å². The fraction of sp³-hybridized carbons (Fsp3) is 0.409. The molecule has 2 atom stereocenters. The minimum absolute atomic E-state index is 0.219. The topological polar surface area (TPSA) is 66.5 Å². The van der Waals surface area contributed by atoms with Gasteiger partial charge in [0.25, 0.3) is 0 Å². The molecule has 0 saturated heterocycles. The molecule has 0 radical (unpaired) electrons. The van der Waals surface area contributed by atoms with E-state index in [0.29, 0.717) is 17.1 Å². The first-order valence-corrected chi connectivity index (χ1v) is 12.1. The number of hydrogen-bond donors (Lipinski definition) is 1. The summed E-state index contributed by atoms with van der Waals surface area (Å²) in [6.07, 6.45) is 4.78. The lowest BCUT2D eigenvalue weighted by Crippen LogP contribution is -2.49. The number of nitrogens with one attached hydrogen (secondary N) is 1. The van der Waals surface area contributed by atoms with Crippen LogP contribution in [-0.2, 0) is 27.7 Å². The van der Waals surface area contributed by atoms with Crippen LogP contribution in [0.4, 0.5) is 5.69 Å². The summed E-state index contributed by atoms with van der Waals surface area (Å²) in [6.45, 7) is 3.72. The number of nitrogens with zero attached hydrogens (tertiary/aromatic N) is 1. The van der Waals surface area contributed by atoms with Gasteiger partial charge in [0.2, 0.25) is 15.9 Å². The molecule has 0 heterocycles. The van der Waals surface area contributed by atoms with Gasteiger partial charge >= 0.3 is 0 Å². The van der Waals surface area contributed by atoms with Gasteiger partial charge in [-0.25, -0.2) is 8.42 Å². The van der Waals surface area contributed by atoms with Gasteiger partial charge < -0.3 is 5.32 Å². The highest BCUT2D eigenvalue weighted by atomic mass is 35.5. The third kappa shape index (κ3) is 4.93. The summed E-state index contributed by atoms with van der Waals surface area (Å²) < 4.78 is 26.2. The van der Waals surface area contributed by atoms with Crippen molar-refractivity contribution in [2.45, 2.75) is 51.6 Å². The van der Waals surface area contributed by atoms with Crippen molar-refractivity contribution in [3.8, 4) is 0 Å². The van der Waals surface area contributed by atoms with Crippen molar-refractivity contribution in [1.29, 1.82) is 0 Å². The lowest BCUT2D eigenvalue weighted by molar-refractivity contribution is -0.122. The predicted octanol–water partition coefficient (Wildman–Crippen LogP) is 4.25. The second kappa shape index (κ2) is 8.76. The zero-order chi connectivity index (χ0) is 21.2. The van der Waals surface area contributed by atoms with Crippen molar-refractivity contribution in [2.75, 3.05) is 10.6 Å². The van der Waals surface area contributed by atoms with Gasteiger partial charge in [-0.2, -0.15) is 0 Å². The molecule has 0 aromatic heterocycles. The zero-order valence-corrected chi connectivity index (χ0v) is 18.6. The summed E-state index contributed by atoms with van der Waals surface area (Å²) in [5, 5.41) is 3.41. The maximum absolute atomic E-state index is 13.1. The molecule has 5 nitrogen and oxygen atoms in total. The average molecular weight is 435 g/mol. The molecule has 3 rings (SSSR count). The Kier molecular flexibility index (Phi) is 6.54. The fourth-order valence-electron chi connectivity index (χ4n) is 3.93. The smallest absolute Gasteiger partial charge is 0.244 e. The van der Waals surface area contributed by atoms with E-state index in [1.54, 1.807) is 31.2 Å². The summed E-state index contributed by atoms with van der Waals surface area (Å²) in [7, 11) is -3.69. The molecule has 29 heavy (non-hydrogen) atoms. The van der Waals surface area contributed by atoms with Crippen molar-refractivity contribution in [3.63, 3.8) is 0 Å². The number of anilines is 1. The van der Waals surface area contributed by atoms with Crippen LogP contribution in [0, 0.1) is 0 Å². The first kappa shape index (κ1) is 21.7. The van der Waals surface area contributed by atoms with Crippen LogP contribution in [0.2, 0.25) is 5.02 Å². The number of halogens is 1. The van der Waals surface area contributed by atoms with E-state index in [1.165, 1.54) is 17.5 Å². The van der Waals surface area contributed by atoms with Crippen molar-refractivity contribution < 1.29 is 13.2 Å². The SMILES string of the molecule is CCC(C(=O)NC(C)c1ccc2c(c1)CCC2)N(c1cccc(Cl)c1)S(C)(=O)=O. The van der Waals surface area contributed by atoms with Crippen molar-refractivity contribution in [2.24, 2.45) is 0 Å². The highest BCUT2D eigenvalue weighted by Crippen LogP contribution is 2.27. The van der Waals surface area contributed by atoms with Crippen LogP contribution in [0.5, 0.6) is 0 Å². The van der Waals surface area contributed by atoms with Crippen molar-refractivity contribution in [1.82, 2.24) is 5.32 Å². The van der Waals surface area contributed by atoms with Gasteiger partial charge in [0.05, 0.1) is 18.0 Å². The van der Waals surface area contributed by atoms with E-state index >= 15 is 0 Å². The number of carbonyl (C=O) groups is 1. The maximum Gasteiger partial charge on any atom is 0.244 e. The quantitative estimate of drug-likeness (QED) is 0.708. The van der Waals surface area contributed by atoms with Crippen LogP contribution in [0.25, 0.3) is 0 Å². The summed E-state index contributed by atoms with van der Waals surface area (Å²) in [6, 6.07) is 11.8. The largest absolute Gasteiger partial charge is 0.348 e. The van der Waals surface area contributed by atoms with E-state index in [-0.39, 0.29) is 11.9 Å². The number of benzene rings is 2. The van der Waals surface area contributed by atoms with Gasteiger partial charge in [-0.3, -0.25) is 9.10 Å². The molecule has 1 N–H and O–H groups in total. The second-order valence-electron chi connectivity index (χ2n) is 7.57. The van der Waals surface area contributed by atoms with Crippen molar-refractivity contribution >= 4 is 33.2 Å². The minimum Gasteiger partial charge on any atom is -0.348 e. The van der Waals surface area contributed by atoms with Crippen molar-refractivity contribution in [3.05, 3.63) is 64.2 Å². The number of amides is 1. The van der Waals surface area contributed by atoms with Gasteiger partial charge in [-0.05, 0) is 67.5 Å². The number of sulfonamides is 1. The number of aryl methyl sites for hydroxylation is 2. The molecular formula is C22H27ClN2O3S. The van der Waals surface area contributed by atoms with E-state index in [0.717, 1.165) is 29.0 Å². The number of fused-ring (bicyclic) bond motifs is 1. The van der Waals surface area contributed by atoms with Crippen LogP contribution in [0.3, 0.4) is 0 Å². The first-order chi connectivity index (χ1) is 13.7. The Morgan fingerprint density at radius 2 is 1.90 bits per heavy atom. The Morgan fingerprint density at radius 3 is 2.55 bits per heavy atom. The van der Waals surface area contributed by atoms with Crippen LogP contribution in [-0.4, -0.2) is 26.6 Å². The van der Waals surface area contributed by atoms with E-state index in [4.69, 9.17) is 11.6 Å². The molecule has 0 fully saturated rings. The van der Waals surface area contributed by atoms with Crippen LogP contribution >= 0.6 is 11.6 Å². The second-order valence-corrected chi connectivity index (χ2v) is 9.87. The molecule has 0 saturated carbocycles. The average Bonchev–Trinajstić information content (AvgIpc) is 3.12. The van der Waals surface area contributed by atoms with Gasteiger partial charge in [-0.1, -0.05) is 42.8 Å². The highest BCUT2D eigenvalue weighted by molar-refractivity contribution is 7.92. The van der Waals surface area contributed by atoms with E-state index < -0.39 is 16.1 Å². The number of hydrogen-bond acceptors (Lipinski definition) is 3. The normalized spacial score (nSPS) is 15.4. The molecule has 0 aliphatic heterocycles. The molecule has 156 valence electrons. The van der Waals surface area contributed by atoms with Gasteiger partial charge in [0.15, 0.2) is 0 Å². The van der Waals surface area contributed by atoms with E-state index in [1.807, 2.05) is 13.0 Å². The molecule has 2 unspecified atom stereocenters. The maximum atomic E-state index is 13.1. The molecular weight excluding hydrogens is 408 g/mol. The third-order valence-corrected chi connectivity index (χ3v) is 6.79. The molecule has 1 aliphatic carbocycles. The Labute approximate surface area is 178 Å². The van der Waals surface area contributed by atoms with Crippen LogP contribution < -0.4 is 9.62 Å². The summed E-state index contributed by atoms with van der Waals surface area (Å²) >= 11 is 6.06. The Morgan fingerprint density at radius 1 is 1.17 bits per heavy atom. The van der Waals surface area contributed by atoms with Gasteiger partial charge in [0, 0.05) is 5.02 Å². The standard InChI is InChI=1S/C22H27ClN2O3S/c1-4-21(25(29(3,27)28)20-10-6-9-19(23)14-20)22(26)24-15(2)17-12-11-16-7-5-8-18(16)13-17/h6,9-15,21H,4-5,7-8H2,1-3H3,(H,24,26). The molecule has 7 heteroatoms. The van der Waals surface area contributed by atoms with Gasteiger partial charge in [-0.15, -0.1) is 0 Å². The molecule has 2 aromatic rings. The lowest BCUT2D eigenvalue weighted by Gasteiger charge is -2.31. The Hall–Kier alpha value is -2.05. The van der Waals surface area contributed by atoms with E-state index in [2.05, 4.69) is 17.4 Å². The third-order valence-electron chi connectivity index (χ3n) is 5.37.